The zero-order chi connectivity index (χ0) is 22.8. The number of hydrogen-bond acceptors (Lipinski definition) is 5. The summed E-state index contributed by atoms with van der Waals surface area (Å²) in [6.07, 6.45) is 1.47. The first-order valence-electron chi connectivity index (χ1n) is 9.69. The number of aryl methyl sites for hydroxylation is 1. The fourth-order valence-corrected chi connectivity index (χ4v) is 5.24. The zero-order valence-corrected chi connectivity index (χ0v) is 18.9. The third-order valence-electron chi connectivity index (χ3n) is 5.14. The lowest BCUT2D eigenvalue weighted by atomic mass is 10.0. The number of fused-ring (bicyclic) bond motifs is 1. The van der Waals surface area contributed by atoms with Gasteiger partial charge in [0.2, 0.25) is 0 Å². The van der Waals surface area contributed by atoms with Gasteiger partial charge in [-0.05, 0) is 31.1 Å². The Balaban J connectivity index is 2.08. The van der Waals surface area contributed by atoms with Crippen LogP contribution in [0.2, 0.25) is 0 Å². The smallest absolute Gasteiger partial charge is 0.270 e. The van der Waals surface area contributed by atoms with E-state index < -0.39 is 15.9 Å². The Morgan fingerprint density at radius 2 is 1.71 bits per heavy atom. The minimum absolute atomic E-state index is 0.00678. The number of hydrogen-bond donors (Lipinski definition) is 1. The lowest BCUT2D eigenvalue weighted by Gasteiger charge is -2.32. The number of sulfonamides is 1. The Kier molecular flexibility index (Phi) is 6.40. The van der Waals surface area contributed by atoms with E-state index in [-0.39, 0.29) is 18.0 Å². The molecule has 0 saturated carbocycles. The SMILES string of the molecule is C=CCN1c2cc(OC)c(OC)cc2C(C)=C(C(=O)NCc2ccc(C)cc2)S1(=O)=O. The second-order valence-electron chi connectivity index (χ2n) is 7.17. The molecule has 1 amide bonds. The lowest BCUT2D eigenvalue weighted by molar-refractivity contribution is -0.117. The molecule has 0 atom stereocenters. The molecule has 0 fully saturated rings. The molecule has 7 nitrogen and oxygen atoms in total. The van der Waals surface area contributed by atoms with Crippen LogP contribution in [-0.4, -0.2) is 35.1 Å². The van der Waals surface area contributed by atoms with Crippen LogP contribution >= 0.6 is 0 Å². The molecule has 0 spiro atoms. The van der Waals surface area contributed by atoms with E-state index >= 15 is 0 Å². The molecule has 1 heterocycles. The molecule has 1 aliphatic heterocycles. The number of benzene rings is 2. The van der Waals surface area contributed by atoms with Crippen molar-refractivity contribution in [2.45, 2.75) is 20.4 Å². The van der Waals surface area contributed by atoms with E-state index in [1.165, 1.54) is 20.3 Å². The Morgan fingerprint density at radius 1 is 1.10 bits per heavy atom. The Labute approximate surface area is 183 Å². The van der Waals surface area contributed by atoms with Crippen LogP contribution in [0.3, 0.4) is 0 Å². The minimum atomic E-state index is -4.11. The number of carbonyl (C=O) groups is 1. The van der Waals surface area contributed by atoms with E-state index in [1.54, 1.807) is 19.1 Å². The van der Waals surface area contributed by atoms with Crippen LogP contribution < -0.4 is 19.1 Å². The number of ether oxygens (including phenoxy) is 2. The zero-order valence-electron chi connectivity index (χ0n) is 18.1. The largest absolute Gasteiger partial charge is 0.493 e. The van der Waals surface area contributed by atoms with Gasteiger partial charge in [0, 0.05) is 18.2 Å². The summed E-state index contributed by atoms with van der Waals surface area (Å²) in [5.41, 5.74) is 3.31. The van der Waals surface area contributed by atoms with Gasteiger partial charge < -0.3 is 14.8 Å². The second kappa shape index (κ2) is 8.85. The summed E-state index contributed by atoms with van der Waals surface area (Å²) in [6, 6.07) is 10.9. The Hall–Kier alpha value is -3.26. The molecule has 1 aliphatic rings. The van der Waals surface area contributed by atoms with Crippen molar-refractivity contribution < 1.29 is 22.7 Å². The van der Waals surface area contributed by atoms with Crippen LogP contribution in [0, 0.1) is 6.92 Å². The molecule has 0 aromatic heterocycles. The van der Waals surface area contributed by atoms with Crippen molar-refractivity contribution in [3.05, 3.63) is 70.6 Å². The van der Waals surface area contributed by atoms with Gasteiger partial charge in [0.15, 0.2) is 16.4 Å². The highest BCUT2D eigenvalue weighted by Crippen LogP contribution is 2.44. The molecule has 31 heavy (non-hydrogen) atoms. The molecule has 164 valence electrons. The van der Waals surface area contributed by atoms with Crippen LogP contribution in [-0.2, 0) is 21.4 Å². The summed E-state index contributed by atoms with van der Waals surface area (Å²) in [7, 11) is -1.13. The van der Waals surface area contributed by atoms with Crippen molar-refractivity contribution >= 4 is 27.2 Å². The maximum atomic E-state index is 13.4. The van der Waals surface area contributed by atoms with Gasteiger partial charge in [0.05, 0.1) is 26.5 Å². The second-order valence-corrected chi connectivity index (χ2v) is 8.97. The molecule has 3 rings (SSSR count). The van der Waals surface area contributed by atoms with Crippen molar-refractivity contribution in [3.63, 3.8) is 0 Å². The normalized spacial score (nSPS) is 14.6. The van der Waals surface area contributed by atoms with Gasteiger partial charge in [0.1, 0.15) is 0 Å². The van der Waals surface area contributed by atoms with Gasteiger partial charge in [-0.15, -0.1) is 6.58 Å². The van der Waals surface area contributed by atoms with Crippen LogP contribution in [0.15, 0.2) is 54.0 Å². The number of methoxy groups -OCH3 is 2. The molecule has 0 unspecified atom stereocenters. The van der Waals surface area contributed by atoms with E-state index in [2.05, 4.69) is 11.9 Å². The third kappa shape index (κ3) is 4.16. The number of anilines is 1. The number of allylic oxidation sites excluding steroid dienone is 1. The fraction of sp³-hybridized carbons (Fsp3) is 0.261. The average molecular weight is 443 g/mol. The first-order chi connectivity index (χ1) is 14.7. The van der Waals surface area contributed by atoms with Gasteiger partial charge in [0.25, 0.3) is 15.9 Å². The van der Waals surface area contributed by atoms with Gasteiger partial charge in [-0.3, -0.25) is 9.10 Å². The number of carbonyl (C=O) groups excluding carboxylic acids is 1. The maximum absolute atomic E-state index is 13.4. The molecule has 0 saturated heterocycles. The molecule has 1 N–H and O–H groups in total. The van der Waals surface area contributed by atoms with Gasteiger partial charge in [-0.25, -0.2) is 8.42 Å². The predicted molar refractivity (Wildman–Crippen MR) is 122 cm³/mol. The molecule has 0 aliphatic carbocycles. The van der Waals surface area contributed by atoms with Crippen LogP contribution in [0.4, 0.5) is 5.69 Å². The van der Waals surface area contributed by atoms with Crippen molar-refractivity contribution in [3.8, 4) is 11.5 Å². The van der Waals surface area contributed by atoms with E-state index in [0.717, 1.165) is 15.4 Å². The van der Waals surface area contributed by atoms with Crippen LogP contribution in [0.1, 0.15) is 23.6 Å². The van der Waals surface area contributed by atoms with E-state index in [0.29, 0.717) is 28.3 Å². The predicted octanol–water partition coefficient (Wildman–Crippen LogP) is 3.40. The van der Waals surface area contributed by atoms with Gasteiger partial charge in [-0.2, -0.15) is 0 Å². The molecule has 2 aromatic carbocycles. The molecule has 0 radical (unpaired) electrons. The van der Waals surface area contributed by atoms with Crippen LogP contribution in [0.5, 0.6) is 11.5 Å². The quantitative estimate of drug-likeness (QED) is 0.665. The minimum Gasteiger partial charge on any atom is -0.493 e. The average Bonchev–Trinajstić information content (AvgIpc) is 2.75. The highest BCUT2D eigenvalue weighted by molar-refractivity contribution is 7.97. The van der Waals surface area contributed by atoms with Crippen molar-refractivity contribution in [2.75, 3.05) is 25.1 Å². The summed E-state index contributed by atoms with van der Waals surface area (Å²) in [6.45, 7) is 7.48. The highest BCUT2D eigenvalue weighted by atomic mass is 32.2. The number of nitrogens with one attached hydrogen (secondary N) is 1. The number of nitrogens with zero attached hydrogens (tertiary/aromatic N) is 1. The summed E-state index contributed by atoms with van der Waals surface area (Å²) < 4.78 is 38.7. The van der Waals surface area contributed by atoms with E-state index in [9.17, 15) is 13.2 Å². The van der Waals surface area contributed by atoms with Crippen molar-refractivity contribution in [2.24, 2.45) is 0 Å². The van der Waals surface area contributed by atoms with E-state index in [4.69, 9.17) is 9.47 Å². The molecule has 0 bridgehead atoms. The lowest BCUT2D eigenvalue weighted by Crippen LogP contribution is -2.41. The Bertz CT molecular complexity index is 1150. The van der Waals surface area contributed by atoms with Gasteiger partial charge in [-0.1, -0.05) is 35.9 Å². The summed E-state index contributed by atoms with van der Waals surface area (Å²) in [4.78, 5) is 12.8. The summed E-state index contributed by atoms with van der Waals surface area (Å²) in [5, 5.41) is 2.73. The topological polar surface area (TPSA) is 84.9 Å². The van der Waals surface area contributed by atoms with Crippen molar-refractivity contribution in [1.29, 1.82) is 0 Å². The standard InChI is InChI=1S/C23H26N2O5S/c1-6-11-25-19-13-21(30-5)20(29-4)12-18(19)16(3)22(31(25,27)28)23(26)24-14-17-9-7-15(2)8-10-17/h6-10,12-13H,1,11,14H2,2-5H3,(H,24,26). The number of amides is 1. The molecule has 8 heteroatoms. The monoisotopic (exact) mass is 442 g/mol. The Morgan fingerprint density at radius 3 is 2.29 bits per heavy atom. The third-order valence-corrected chi connectivity index (χ3v) is 7.07. The molecular formula is C23H26N2O5S. The molecular weight excluding hydrogens is 416 g/mol. The van der Waals surface area contributed by atoms with Crippen LogP contribution in [0.25, 0.3) is 5.57 Å². The summed E-state index contributed by atoms with van der Waals surface area (Å²) >= 11 is 0. The highest BCUT2D eigenvalue weighted by Gasteiger charge is 2.39. The first kappa shape index (κ1) is 22.4. The first-order valence-corrected chi connectivity index (χ1v) is 11.1. The maximum Gasteiger partial charge on any atom is 0.270 e. The van der Waals surface area contributed by atoms with Crippen molar-refractivity contribution in [1.82, 2.24) is 5.32 Å². The molecule has 2 aromatic rings. The van der Waals surface area contributed by atoms with Gasteiger partial charge >= 0.3 is 0 Å². The van der Waals surface area contributed by atoms with E-state index in [1.807, 2.05) is 31.2 Å². The summed E-state index contributed by atoms with van der Waals surface area (Å²) in [5.74, 6) is 0.177. The number of rotatable bonds is 7. The fourth-order valence-electron chi connectivity index (χ4n) is 3.50.